The number of rotatable bonds is 7. The fraction of sp³-hybridized carbons (Fsp3) is 0.364. The molecule has 1 aliphatic rings. The molecule has 6 nitrogen and oxygen atoms in total. The van der Waals surface area contributed by atoms with Gasteiger partial charge in [-0.1, -0.05) is 36.7 Å². The van der Waals surface area contributed by atoms with E-state index >= 15 is 0 Å². The number of piperazine rings is 1. The summed E-state index contributed by atoms with van der Waals surface area (Å²) in [7, 11) is 0. The van der Waals surface area contributed by atoms with Crippen LogP contribution in [0.2, 0.25) is 5.02 Å². The quantitative estimate of drug-likeness (QED) is 0.730. The molecule has 2 amide bonds. The predicted molar refractivity (Wildman–Crippen MR) is 117 cm³/mol. The molecule has 0 saturated carbocycles. The molecule has 0 spiro atoms. The molecule has 0 aliphatic carbocycles. The van der Waals surface area contributed by atoms with E-state index in [2.05, 4.69) is 27.4 Å². The highest BCUT2D eigenvalue weighted by Gasteiger charge is 2.21. The van der Waals surface area contributed by atoms with E-state index < -0.39 is 0 Å². The van der Waals surface area contributed by atoms with E-state index in [9.17, 15) is 9.59 Å². The lowest BCUT2D eigenvalue weighted by Gasteiger charge is -2.33. The first-order chi connectivity index (χ1) is 14.0. The van der Waals surface area contributed by atoms with Gasteiger partial charge in [-0.25, -0.2) is 0 Å². The Labute approximate surface area is 176 Å². The molecule has 7 heteroatoms. The van der Waals surface area contributed by atoms with Crippen LogP contribution in [-0.2, 0) is 16.0 Å². The van der Waals surface area contributed by atoms with Crippen molar-refractivity contribution in [2.24, 2.45) is 0 Å². The van der Waals surface area contributed by atoms with Gasteiger partial charge in [-0.3, -0.25) is 19.4 Å². The zero-order valence-corrected chi connectivity index (χ0v) is 17.4. The van der Waals surface area contributed by atoms with Crippen LogP contribution in [0.3, 0.4) is 0 Å². The number of nitrogens with zero attached hydrogens (tertiary/aromatic N) is 2. The van der Waals surface area contributed by atoms with Gasteiger partial charge in [-0.15, -0.1) is 0 Å². The molecule has 0 aromatic heterocycles. The van der Waals surface area contributed by atoms with E-state index in [1.165, 1.54) is 0 Å². The Morgan fingerprint density at radius 3 is 2.00 bits per heavy atom. The Hall–Kier alpha value is -2.41. The molecule has 2 N–H and O–H groups in total. The summed E-state index contributed by atoms with van der Waals surface area (Å²) in [5.74, 6) is -0.0467. The molecule has 3 rings (SSSR count). The lowest BCUT2D eigenvalue weighted by Crippen LogP contribution is -2.50. The number of hydrogen-bond donors (Lipinski definition) is 2. The van der Waals surface area contributed by atoms with E-state index in [-0.39, 0.29) is 11.8 Å². The summed E-state index contributed by atoms with van der Waals surface area (Å²) < 4.78 is 0. The summed E-state index contributed by atoms with van der Waals surface area (Å²) >= 11 is 5.86. The Kier molecular flexibility index (Phi) is 7.63. The lowest BCUT2D eigenvalue weighted by atomic mass is 10.1. The second-order valence-electron chi connectivity index (χ2n) is 7.17. The van der Waals surface area contributed by atoms with Gasteiger partial charge in [0.1, 0.15) is 0 Å². The summed E-state index contributed by atoms with van der Waals surface area (Å²) in [5.41, 5.74) is 2.76. The molecular weight excluding hydrogens is 388 g/mol. The molecule has 1 heterocycles. The number of amides is 2. The van der Waals surface area contributed by atoms with E-state index in [1.807, 2.05) is 24.3 Å². The van der Waals surface area contributed by atoms with Crippen molar-refractivity contribution in [2.45, 2.75) is 13.3 Å². The van der Waals surface area contributed by atoms with Crippen LogP contribution < -0.4 is 10.6 Å². The third-order valence-corrected chi connectivity index (χ3v) is 5.25. The third-order valence-electron chi connectivity index (χ3n) is 5.00. The molecule has 2 aromatic carbocycles. The molecule has 0 atom stereocenters. The Bertz CT molecular complexity index is 833. The number of aryl methyl sites for hydroxylation is 1. The average molecular weight is 415 g/mol. The number of para-hydroxylation sites is 1. The average Bonchev–Trinajstić information content (AvgIpc) is 2.71. The molecule has 1 saturated heterocycles. The molecule has 0 radical (unpaired) electrons. The van der Waals surface area contributed by atoms with Gasteiger partial charge in [0.05, 0.1) is 13.1 Å². The summed E-state index contributed by atoms with van der Waals surface area (Å²) in [5, 5.41) is 6.54. The molecule has 0 unspecified atom stereocenters. The van der Waals surface area contributed by atoms with Crippen molar-refractivity contribution in [1.29, 1.82) is 0 Å². The maximum Gasteiger partial charge on any atom is 0.238 e. The maximum absolute atomic E-state index is 12.4. The largest absolute Gasteiger partial charge is 0.325 e. The van der Waals surface area contributed by atoms with Crippen molar-refractivity contribution < 1.29 is 9.59 Å². The molecule has 2 aromatic rings. The standard InChI is InChI=1S/C22H27ClN4O2/c1-2-17-5-3-4-6-20(17)25-22(29)16-27-13-11-26(12-14-27)15-21(28)24-19-9-7-18(23)8-10-19/h3-10H,2,11-16H2,1H3,(H,24,28)(H,25,29). The van der Waals surface area contributed by atoms with Crippen LogP contribution in [0.1, 0.15) is 12.5 Å². The summed E-state index contributed by atoms with van der Waals surface area (Å²) in [6, 6.07) is 15.0. The number of nitrogens with one attached hydrogen (secondary N) is 2. The predicted octanol–water partition coefficient (Wildman–Crippen LogP) is 3.10. The van der Waals surface area contributed by atoms with Crippen molar-refractivity contribution in [1.82, 2.24) is 9.80 Å². The fourth-order valence-corrected chi connectivity index (χ4v) is 3.51. The van der Waals surface area contributed by atoms with Crippen molar-refractivity contribution in [2.75, 3.05) is 49.9 Å². The number of hydrogen-bond acceptors (Lipinski definition) is 4. The molecule has 0 bridgehead atoms. The topological polar surface area (TPSA) is 64.7 Å². The Morgan fingerprint density at radius 2 is 1.41 bits per heavy atom. The fourth-order valence-electron chi connectivity index (χ4n) is 3.39. The Morgan fingerprint density at radius 1 is 0.862 bits per heavy atom. The number of carbonyl (C=O) groups excluding carboxylic acids is 2. The van der Waals surface area contributed by atoms with Gasteiger partial charge in [0.2, 0.25) is 11.8 Å². The first-order valence-corrected chi connectivity index (χ1v) is 10.3. The minimum Gasteiger partial charge on any atom is -0.325 e. The highest BCUT2D eigenvalue weighted by atomic mass is 35.5. The van der Waals surface area contributed by atoms with Gasteiger partial charge in [0, 0.05) is 42.6 Å². The zero-order chi connectivity index (χ0) is 20.6. The van der Waals surface area contributed by atoms with E-state index in [1.54, 1.807) is 24.3 Å². The normalized spacial score (nSPS) is 15.1. The summed E-state index contributed by atoms with van der Waals surface area (Å²) in [6.07, 6.45) is 0.882. The number of benzene rings is 2. The van der Waals surface area contributed by atoms with Crippen molar-refractivity contribution in [3.05, 3.63) is 59.1 Å². The van der Waals surface area contributed by atoms with Crippen molar-refractivity contribution in [3.8, 4) is 0 Å². The number of carbonyl (C=O) groups is 2. The van der Waals surface area contributed by atoms with Crippen LogP contribution >= 0.6 is 11.6 Å². The molecule has 1 fully saturated rings. The summed E-state index contributed by atoms with van der Waals surface area (Å²) in [6.45, 7) is 5.82. The van der Waals surface area contributed by atoms with Crippen LogP contribution in [0, 0.1) is 0 Å². The van der Waals surface area contributed by atoms with Gasteiger partial charge in [0.25, 0.3) is 0 Å². The second-order valence-corrected chi connectivity index (χ2v) is 7.60. The van der Waals surface area contributed by atoms with Crippen LogP contribution in [0.4, 0.5) is 11.4 Å². The van der Waals surface area contributed by atoms with Crippen LogP contribution in [0.25, 0.3) is 0 Å². The highest BCUT2D eigenvalue weighted by Crippen LogP contribution is 2.16. The summed E-state index contributed by atoms with van der Waals surface area (Å²) in [4.78, 5) is 28.8. The SMILES string of the molecule is CCc1ccccc1NC(=O)CN1CCN(CC(=O)Nc2ccc(Cl)cc2)CC1. The molecule has 1 aliphatic heterocycles. The van der Waals surface area contributed by atoms with Gasteiger partial charge < -0.3 is 10.6 Å². The first kappa shape index (κ1) is 21.3. The monoisotopic (exact) mass is 414 g/mol. The smallest absolute Gasteiger partial charge is 0.238 e. The second kappa shape index (κ2) is 10.4. The maximum atomic E-state index is 12.4. The van der Waals surface area contributed by atoms with Gasteiger partial charge >= 0.3 is 0 Å². The van der Waals surface area contributed by atoms with Gasteiger partial charge in [-0.2, -0.15) is 0 Å². The van der Waals surface area contributed by atoms with Crippen molar-refractivity contribution in [3.63, 3.8) is 0 Å². The van der Waals surface area contributed by atoms with Crippen LogP contribution in [0.5, 0.6) is 0 Å². The van der Waals surface area contributed by atoms with Gasteiger partial charge in [-0.05, 0) is 42.3 Å². The van der Waals surface area contributed by atoms with Gasteiger partial charge in [0.15, 0.2) is 0 Å². The highest BCUT2D eigenvalue weighted by molar-refractivity contribution is 6.30. The molecular formula is C22H27ClN4O2. The Balaban J connectivity index is 1.40. The van der Waals surface area contributed by atoms with E-state index in [0.29, 0.717) is 18.1 Å². The minimum absolute atomic E-state index is 0.000156. The van der Waals surface area contributed by atoms with Crippen molar-refractivity contribution >= 4 is 34.8 Å². The van der Waals surface area contributed by atoms with E-state index in [4.69, 9.17) is 11.6 Å². The molecule has 154 valence electrons. The number of anilines is 2. The van der Waals surface area contributed by atoms with Crippen LogP contribution in [-0.4, -0.2) is 60.9 Å². The zero-order valence-electron chi connectivity index (χ0n) is 16.7. The molecule has 29 heavy (non-hydrogen) atoms. The number of halogens is 1. The first-order valence-electron chi connectivity index (χ1n) is 9.91. The van der Waals surface area contributed by atoms with E-state index in [0.717, 1.165) is 49.5 Å². The lowest BCUT2D eigenvalue weighted by molar-refractivity contribution is -0.120. The van der Waals surface area contributed by atoms with Crippen LogP contribution in [0.15, 0.2) is 48.5 Å². The minimum atomic E-state index is -0.0466. The third kappa shape index (κ3) is 6.56.